The van der Waals surface area contributed by atoms with Crippen LogP contribution in [-0.2, 0) is 22.7 Å². The van der Waals surface area contributed by atoms with Crippen LogP contribution < -0.4 is 5.32 Å². The molecule has 198 valence electrons. The molecule has 4 rings (SSSR count). The smallest absolute Gasteiger partial charge is 0.305 e. The molecule has 2 N–H and O–H groups in total. The fourth-order valence-corrected chi connectivity index (χ4v) is 5.57. The second kappa shape index (κ2) is 12.6. The molecule has 0 fully saturated rings. The zero-order valence-electron chi connectivity index (χ0n) is 21.1. The van der Waals surface area contributed by atoms with E-state index >= 15 is 0 Å². The fourth-order valence-electron chi connectivity index (χ4n) is 5.04. The first-order valence-corrected chi connectivity index (χ1v) is 13.9. The van der Waals surface area contributed by atoms with Crippen molar-refractivity contribution in [1.82, 2.24) is 10.2 Å². The zero-order valence-corrected chi connectivity index (χ0v) is 23.5. The van der Waals surface area contributed by atoms with E-state index < -0.39 is 11.9 Å². The molecule has 3 aromatic rings. The average Bonchev–Trinajstić information content (AvgIpc) is 3.32. The molecule has 0 aromatic heterocycles. The van der Waals surface area contributed by atoms with Crippen LogP contribution in [0.2, 0.25) is 5.02 Å². The van der Waals surface area contributed by atoms with Gasteiger partial charge in [-0.05, 0) is 71.0 Å². The van der Waals surface area contributed by atoms with E-state index in [1.807, 2.05) is 47.4 Å². The maximum absolute atomic E-state index is 14.2. The highest BCUT2D eigenvalue weighted by Crippen LogP contribution is 2.40. The first-order chi connectivity index (χ1) is 18.3. The molecule has 1 aliphatic heterocycles. The highest BCUT2D eigenvalue weighted by Gasteiger charge is 2.36. The van der Waals surface area contributed by atoms with Gasteiger partial charge in [-0.2, -0.15) is 0 Å². The topological polar surface area (TPSA) is 86.7 Å². The number of amides is 2. The summed E-state index contributed by atoms with van der Waals surface area (Å²) in [5, 5.41) is 12.0. The van der Waals surface area contributed by atoms with Crippen molar-refractivity contribution in [3.63, 3.8) is 0 Å². The Morgan fingerprint density at radius 2 is 1.63 bits per heavy atom. The van der Waals surface area contributed by atoms with Crippen LogP contribution in [-0.4, -0.2) is 34.3 Å². The first-order valence-electron chi connectivity index (χ1n) is 12.7. The number of fused-ring (bicyclic) bond motifs is 1. The largest absolute Gasteiger partial charge is 0.481 e. The van der Waals surface area contributed by atoms with E-state index in [2.05, 4.69) is 40.3 Å². The standard InChI is InChI=1S/C30H30BrClN2O4/c1-2-3-26(19-4-6-21(7-5-19)29(37)33-15-14-27(35)36)28(20-9-12-25(32)13-10-20)30(38)34-17-22-8-11-24(31)16-23(22)18-34/h4-13,16,26,28H,2-3,14-15,17-18H2,1H3,(H,33,37)(H,35,36). The molecular formula is C30H30BrClN2O4. The van der Waals surface area contributed by atoms with Crippen LogP contribution in [0.5, 0.6) is 0 Å². The highest BCUT2D eigenvalue weighted by molar-refractivity contribution is 9.10. The van der Waals surface area contributed by atoms with Crippen molar-refractivity contribution in [2.45, 2.75) is 51.1 Å². The molecule has 0 saturated carbocycles. The third-order valence-corrected chi connectivity index (χ3v) is 7.67. The summed E-state index contributed by atoms with van der Waals surface area (Å²) in [6, 6.07) is 20.9. The maximum Gasteiger partial charge on any atom is 0.305 e. The summed E-state index contributed by atoms with van der Waals surface area (Å²) in [6.45, 7) is 3.30. The molecular weight excluding hydrogens is 568 g/mol. The lowest BCUT2D eigenvalue weighted by Crippen LogP contribution is -2.34. The van der Waals surface area contributed by atoms with Crippen LogP contribution in [0.15, 0.2) is 71.2 Å². The summed E-state index contributed by atoms with van der Waals surface area (Å²) < 4.78 is 0.996. The van der Waals surface area contributed by atoms with Gasteiger partial charge in [0.1, 0.15) is 0 Å². The van der Waals surface area contributed by atoms with Gasteiger partial charge in [-0.15, -0.1) is 0 Å². The molecule has 3 aromatic carbocycles. The minimum atomic E-state index is -0.963. The Labute approximate surface area is 236 Å². The molecule has 2 unspecified atom stereocenters. The van der Waals surface area contributed by atoms with E-state index in [1.54, 1.807) is 12.1 Å². The number of carbonyl (C=O) groups excluding carboxylic acids is 2. The molecule has 38 heavy (non-hydrogen) atoms. The predicted octanol–water partition coefficient (Wildman–Crippen LogP) is 6.52. The van der Waals surface area contributed by atoms with Crippen LogP contribution >= 0.6 is 27.5 Å². The summed E-state index contributed by atoms with van der Waals surface area (Å²) in [5.74, 6) is -1.74. The highest BCUT2D eigenvalue weighted by atomic mass is 79.9. The summed E-state index contributed by atoms with van der Waals surface area (Å²) in [4.78, 5) is 39.3. The van der Waals surface area contributed by atoms with Gasteiger partial charge in [0.2, 0.25) is 5.91 Å². The number of hydrogen-bond donors (Lipinski definition) is 2. The first kappa shape index (κ1) is 27.9. The quantitative estimate of drug-likeness (QED) is 0.279. The Morgan fingerprint density at radius 3 is 2.29 bits per heavy atom. The van der Waals surface area contributed by atoms with Gasteiger partial charge < -0.3 is 15.3 Å². The molecule has 0 aliphatic carbocycles. The van der Waals surface area contributed by atoms with Gasteiger partial charge >= 0.3 is 5.97 Å². The monoisotopic (exact) mass is 596 g/mol. The van der Waals surface area contributed by atoms with E-state index in [4.69, 9.17) is 16.7 Å². The Balaban J connectivity index is 1.63. The number of rotatable bonds is 10. The fraction of sp³-hybridized carbons (Fsp3) is 0.300. The van der Waals surface area contributed by atoms with Crippen molar-refractivity contribution in [3.05, 3.63) is 104 Å². The number of carboxylic acid groups (broad SMARTS) is 1. The molecule has 0 saturated heterocycles. The summed E-state index contributed by atoms with van der Waals surface area (Å²) in [5.41, 5.74) is 4.63. The summed E-state index contributed by atoms with van der Waals surface area (Å²) in [6.07, 6.45) is 1.53. The molecule has 0 spiro atoms. The molecule has 2 amide bonds. The van der Waals surface area contributed by atoms with Crippen molar-refractivity contribution in [2.24, 2.45) is 0 Å². The number of halogens is 2. The van der Waals surface area contributed by atoms with Gasteiger partial charge in [-0.3, -0.25) is 14.4 Å². The summed E-state index contributed by atoms with van der Waals surface area (Å²) in [7, 11) is 0. The molecule has 1 aliphatic rings. The van der Waals surface area contributed by atoms with Gasteiger partial charge in [-0.1, -0.05) is 71.2 Å². The Bertz CT molecular complexity index is 1310. The van der Waals surface area contributed by atoms with E-state index in [0.717, 1.165) is 39.6 Å². The third-order valence-electron chi connectivity index (χ3n) is 6.93. The van der Waals surface area contributed by atoms with E-state index in [-0.39, 0.29) is 30.7 Å². The van der Waals surface area contributed by atoms with Gasteiger partial charge in [0.05, 0.1) is 12.3 Å². The Hall–Kier alpha value is -3.16. The molecule has 2 atom stereocenters. The number of nitrogens with zero attached hydrogens (tertiary/aromatic N) is 1. The van der Waals surface area contributed by atoms with Crippen LogP contribution in [0.1, 0.15) is 70.6 Å². The maximum atomic E-state index is 14.2. The number of carbonyl (C=O) groups is 3. The average molecular weight is 598 g/mol. The second-order valence-electron chi connectivity index (χ2n) is 9.55. The van der Waals surface area contributed by atoms with E-state index in [9.17, 15) is 14.4 Å². The zero-order chi connectivity index (χ0) is 27.2. The van der Waals surface area contributed by atoms with Crippen LogP contribution in [0.3, 0.4) is 0 Å². The van der Waals surface area contributed by atoms with Crippen molar-refractivity contribution >= 4 is 45.3 Å². The van der Waals surface area contributed by atoms with Crippen molar-refractivity contribution in [2.75, 3.05) is 6.54 Å². The van der Waals surface area contributed by atoms with Crippen LogP contribution in [0, 0.1) is 0 Å². The lowest BCUT2D eigenvalue weighted by molar-refractivity contribution is -0.137. The minimum Gasteiger partial charge on any atom is -0.481 e. The van der Waals surface area contributed by atoms with Crippen LogP contribution in [0.25, 0.3) is 0 Å². The third kappa shape index (κ3) is 6.63. The number of benzene rings is 3. The second-order valence-corrected chi connectivity index (χ2v) is 10.9. The lowest BCUT2D eigenvalue weighted by Gasteiger charge is -2.31. The van der Waals surface area contributed by atoms with E-state index in [1.165, 1.54) is 0 Å². The molecule has 0 bridgehead atoms. The minimum absolute atomic E-state index is 0.0635. The van der Waals surface area contributed by atoms with Gasteiger partial charge in [0.25, 0.3) is 5.91 Å². The number of hydrogen-bond acceptors (Lipinski definition) is 3. The summed E-state index contributed by atoms with van der Waals surface area (Å²) >= 11 is 9.72. The van der Waals surface area contributed by atoms with Crippen molar-refractivity contribution in [3.8, 4) is 0 Å². The molecule has 8 heteroatoms. The lowest BCUT2D eigenvalue weighted by atomic mass is 9.77. The van der Waals surface area contributed by atoms with Crippen molar-refractivity contribution < 1.29 is 19.5 Å². The SMILES string of the molecule is CCCC(c1ccc(C(=O)NCCC(=O)O)cc1)C(C(=O)N1Cc2ccc(Br)cc2C1)c1ccc(Cl)cc1. The molecule has 6 nitrogen and oxygen atoms in total. The predicted molar refractivity (Wildman–Crippen MR) is 151 cm³/mol. The normalized spacial score (nSPS) is 14.0. The van der Waals surface area contributed by atoms with Crippen LogP contribution in [0.4, 0.5) is 0 Å². The Morgan fingerprint density at radius 1 is 0.974 bits per heavy atom. The van der Waals surface area contributed by atoms with Crippen molar-refractivity contribution in [1.29, 1.82) is 0 Å². The number of carboxylic acids is 1. The Kier molecular flexibility index (Phi) is 9.23. The number of nitrogens with one attached hydrogen (secondary N) is 1. The van der Waals surface area contributed by atoms with E-state index in [0.29, 0.717) is 23.7 Å². The van der Waals surface area contributed by atoms with Gasteiger partial charge in [-0.25, -0.2) is 0 Å². The molecule has 0 radical (unpaired) electrons. The number of aliphatic carboxylic acids is 1. The van der Waals surface area contributed by atoms with Gasteiger partial charge in [0, 0.05) is 34.7 Å². The molecule has 1 heterocycles. The van der Waals surface area contributed by atoms with Gasteiger partial charge in [0.15, 0.2) is 0 Å².